The molecule has 3 aromatic carbocycles. The first-order valence-corrected chi connectivity index (χ1v) is 12.8. The maximum atomic E-state index is 13.1. The lowest BCUT2D eigenvalue weighted by molar-refractivity contribution is 0.0935. The summed E-state index contributed by atoms with van der Waals surface area (Å²) >= 11 is 6.23. The molecular weight excluding hydrogens is 472 g/mol. The van der Waals surface area contributed by atoms with E-state index in [1.165, 1.54) is 18.2 Å². The van der Waals surface area contributed by atoms with Crippen LogP contribution in [0.25, 0.3) is 0 Å². The van der Waals surface area contributed by atoms with E-state index in [1.807, 2.05) is 58.0 Å². The van der Waals surface area contributed by atoms with Gasteiger partial charge >= 0.3 is 0 Å². The highest BCUT2D eigenvalue weighted by Gasteiger charge is 2.22. The highest BCUT2D eigenvalue weighted by atomic mass is 35.5. The number of methoxy groups -OCH3 is 1. The molecule has 0 aliphatic heterocycles. The molecule has 34 heavy (non-hydrogen) atoms. The summed E-state index contributed by atoms with van der Waals surface area (Å²) in [5.41, 5.74) is 4.26. The lowest BCUT2D eigenvalue weighted by atomic mass is 10.0. The number of aryl methyl sites for hydroxylation is 3. The highest BCUT2D eigenvalue weighted by molar-refractivity contribution is 7.92. The van der Waals surface area contributed by atoms with Crippen molar-refractivity contribution in [3.05, 3.63) is 87.4 Å². The molecule has 6 nitrogen and oxygen atoms in total. The van der Waals surface area contributed by atoms with Gasteiger partial charge in [0.1, 0.15) is 10.6 Å². The minimum absolute atomic E-state index is 0.0344. The summed E-state index contributed by atoms with van der Waals surface area (Å²) in [5, 5.41) is 3.02. The van der Waals surface area contributed by atoms with Gasteiger partial charge in [0, 0.05) is 5.56 Å². The summed E-state index contributed by atoms with van der Waals surface area (Å²) in [6, 6.07) is 15.2. The summed E-state index contributed by atoms with van der Waals surface area (Å²) in [5.74, 6) is 0.383. The van der Waals surface area contributed by atoms with Gasteiger partial charge in [0.25, 0.3) is 15.9 Å². The SMILES string of the molecule is CC[C@@H](NC(=O)c1ccc(Cl)c(S(=O)(=O)Nc2cc(C)ccc2C)c1)c1ccc(OC)c(C)c1. The molecule has 0 saturated carbocycles. The number of benzene rings is 3. The fraction of sp³-hybridized carbons (Fsp3) is 0.269. The number of hydrogen-bond donors (Lipinski definition) is 2. The first-order chi connectivity index (χ1) is 16.1. The molecule has 8 heteroatoms. The van der Waals surface area contributed by atoms with Gasteiger partial charge in [-0.15, -0.1) is 0 Å². The maximum absolute atomic E-state index is 13.1. The van der Waals surface area contributed by atoms with Crippen molar-refractivity contribution in [3.8, 4) is 5.75 Å². The van der Waals surface area contributed by atoms with Crippen LogP contribution in [0, 0.1) is 20.8 Å². The summed E-state index contributed by atoms with van der Waals surface area (Å²) in [4.78, 5) is 12.9. The molecule has 1 amide bonds. The zero-order valence-corrected chi connectivity index (χ0v) is 21.5. The van der Waals surface area contributed by atoms with Crippen molar-refractivity contribution >= 4 is 33.2 Å². The normalized spacial score (nSPS) is 12.2. The molecule has 3 aromatic rings. The van der Waals surface area contributed by atoms with Crippen LogP contribution in [-0.4, -0.2) is 21.4 Å². The molecule has 0 unspecified atom stereocenters. The lowest BCUT2D eigenvalue weighted by Crippen LogP contribution is -2.28. The Morgan fingerprint density at radius 3 is 2.38 bits per heavy atom. The van der Waals surface area contributed by atoms with Crippen LogP contribution < -0.4 is 14.8 Å². The van der Waals surface area contributed by atoms with Crippen LogP contribution in [-0.2, 0) is 10.0 Å². The lowest BCUT2D eigenvalue weighted by Gasteiger charge is -2.19. The smallest absolute Gasteiger partial charge is 0.263 e. The van der Waals surface area contributed by atoms with E-state index in [2.05, 4.69) is 10.0 Å². The summed E-state index contributed by atoms with van der Waals surface area (Å²) in [7, 11) is -2.40. The number of anilines is 1. The largest absolute Gasteiger partial charge is 0.496 e. The summed E-state index contributed by atoms with van der Waals surface area (Å²) in [6.45, 7) is 7.60. The number of amides is 1. The predicted molar refractivity (Wildman–Crippen MR) is 136 cm³/mol. The Balaban J connectivity index is 1.87. The number of carbonyl (C=O) groups excluding carboxylic acids is 1. The molecular formula is C26H29ClN2O4S. The van der Waals surface area contributed by atoms with Gasteiger partial charge in [-0.05, 0) is 79.8 Å². The summed E-state index contributed by atoms with van der Waals surface area (Å²) in [6.07, 6.45) is 0.657. The van der Waals surface area contributed by atoms with Gasteiger partial charge < -0.3 is 10.1 Å². The zero-order valence-electron chi connectivity index (χ0n) is 19.9. The molecule has 0 aromatic heterocycles. The van der Waals surface area contributed by atoms with Crippen molar-refractivity contribution in [3.63, 3.8) is 0 Å². The fourth-order valence-electron chi connectivity index (χ4n) is 3.68. The number of hydrogen-bond acceptors (Lipinski definition) is 4. The Bertz CT molecular complexity index is 1320. The van der Waals surface area contributed by atoms with Gasteiger partial charge in [-0.2, -0.15) is 0 Å². The molecule has 1 atom stereocenters. The van der Waals surface area contributed by atoms with E-state index in [4.69, 9.17) is 16.3 Å². The van der Waals surface area contributed by atoms with Crippen LogP contribution in [0.5, 0.6) is 5.75 Å². The van der Waals surface area contributed by atoms with Crippen molar-refractivity contribution in [2.75, 3.05) is 11.8 Å². The molecule has 0 bridgehead atoms. The van der Waals surface area contributed by atoms with Crippen LogP contribution >= 0.6 is 11.6 Å². The van der Waals surface area contributed by atoms with Crippen LogP contribution in [0.2, 0.25) is 5.02 Å². The number of rotatable bonds is 8. The van der Waals surface area contributed by atoms with Gasteiger partial charge in [-0.3, -0.25) is 9.52 Å². The van der Waals surface area contributed by atoms with Crippen molar-refractivity contribution in [2.45, 2.75) is 45.1 Å². The Hall–Kier alpha value is -3.03. The molecule has 0 aliphatic carbocycles. The first-order valence-electron chi connectivity index (χ1n) is 10.9. The quantitative estimate of drug-likeness (QED) is 0.400. The van der Waals surface area contributed by atoms with Crippen LogP contribution in [0.4, 0.5) is 5.69 Å². The second-order valence-electron chi connectivity index (χ2n) is 8.23. The second kappa shape index (κ2) is 10.5. The number of halogens is 1. The van der Waals surface area contributed by atoms with Gasteiger partial charge in [0.15, 0.2) is 0 Å². The summed E-state index contributed by atoms with van der Waals surface area (Å²) < 4.78 is 34.1. The Morgan fingerprint density at radius 1 is 1.00 bits per heavy atom. The Labute approximate surface area is 206 Å². The average molecular weight is 501 g/mol. The van der Waals surface area contributed by atoms with Crippen LogP contribution in [0.1, 0.15) is 52.0 Å². The van der Waals surface area contributed by atoms with E-state index in [9.17, 15) is 13.2 Å². The topological polar surface area (TPSA) is 84.5 Å². The molecule has 0 fully saturated rings. The molecule has 0 radical (unpaired) electrons. The molecule has 0 aliphatic rings. The number of sulfonamides is 1. The molecule has 180 valence electrons. The predicted octanol–water partition coefficient (Wildman–Crippen LogP) is 5.96. The first kappa shape index (κ1) is 25.6. The molecule has 0 saturated heterocycles. The van der Waals surface area contributed by atoms with Crippen molar-refractivity contribution < 1.29 is 17.9 Å². The standard InChI is InChI=1S/C26H29ClN2O4S/c1-6-22(19-10-12-24(33-5)18(4)14-19)28-26(30)20-9-11-21(27)25(15-20)34(31,32)29-23-13-16(2)7-8-17(23)3/h7-15,22,29H,6H2,1-5H3,(H,28,30)/t22-/m1/s1. The third-order valence-corrected chi connectivity index (χ3v) is 7.50. The van der Waals surface area contributed by atoms with E-state index in [1.54, 1.807) is 13.2 Å². The average Bonchev–Trinajstić information content (AvgIpc) is 2.79. The van der Waals surface area contributed by atoms with Crippen molar-refractivity contribution in [1.29, 1.82) is 0 Å². The number of nitrogens with one attached hydrogen (secondary N) is 2. The van der Waals surface area contributed by atoms with Gasteiger partial charge in [0.05, 0.1) is 23.9 Å². The van der Waals surface area contributed by atoms with E-state index >= 15 is 0 Å². The van der Waals surface area contributed by atoms with Crippen molar-refractivity contribution in [1.82, 2.24) is 5.32 Å². The van der Waals surface area contributed by atoms with Crippen LogP contribution in [0.3, 0.4) is 0 Å². The Kier molecular flexibility index (Phi) is 7.89. The Morgan fingerprint density at radius 2 is 1.74 bits per heavy atom. The number of ether oxygens (including phenoxy) is 1. The van der Waals surface area contributed by atoms with E-state index < -0.39 is 10.0 Å². The zero-order chi connectivity index (χ0) is 25.0. The molecule has 3 rings (SSSR count). The van der Waals surface area contributed by atoms with Gasteiger partial charge in [-0.1, -0.05) is 42.8 Å². The van der Waals surface area contributed by atoms with E-state index in [-0.39, 0.29) is 27.4 Å². The number of carbonyl (C=O) groups is 1. The maximum Gasteiger partial charge on any atom is 0.263 e. The highest BCUT2D eigenvalue weighted by Crippen LogP contribution is 2.28. The fourth-order valence-corrected chi connectivity index (χ4v) is 5.33. The van der Waals surface area contributed by atoms with Crippen LogP contribution in [0.15, 0.2) is 59.5 Å². The van der Waals surface area contributed by atoms with E-state index in [0.717, 1.165) is 28.0 Å². The van der Waals surface area contributed by atoms with Gasteiger partial charge in [0.2, 0.25) is 0 Å². The minimum Gasteiger partial charge on any atom is -0.496 e. The minimum atomic E-state index is -4.01. The van der Waals surface area contributed by atoms with Crippen molar-refractivity contribution in [2.24, 2.45) is 0 Å². The molecule has 0 heterocycles. The second-order valence-corrected chi connectivity index (χ2v) is 10.3. The monoisotopic (exact) mass is 500 g/mol. The molecule has 2 N–H and O–H groups in total. The third-order valence-electron chi connectivity index (χ3n) is 5.66. The molecule has 0 spiro atoms. The van der Waals surface area contributed by atoms with Gasteiger partial charge in [-0.25, -0.2) is 8.42 Å². The third kappa shape index (κ3) is 5.72. The van der Waals surface area contributed by atoms with E-state index in [0.29, 0.717) is 12.1 Å².